The number of hydrogen-bond acceptors (Lipinski definition) is 7. The summed E-state index contributed by atoms with van der Waals surface area (Å²) in [6, 6.07) is 4.78. The van der Waals surface area contributed by atoms with Gasteiger partial charge in [-0.2, -0.15) is 0 Å². The molecule has 1 aromatic carbocycles. The van der Waals surface area contributed by atoms with Crippen LogP contribution in [0.15, 0.2) is 24.3 Å². The number of benzene rings is 1. The van der Waals surface area contributed by atoms with Crippen LogP contribution >= 0.6 is 11.8 Å². The smallest absolute Gasteiger partial charge is 0.286 e. The maximum absolute atomic E-state index is 11.7. The van der Waals surface area contributed by atoms with Crippen molar-refractivity contribution >= 4 is 40.4 Å². The van der Waals surface area contributed by atoms with Crippen LogP contribution < -0.4 is 16.2 Å². The molecule has 0 aromatic heterocycles. The van der Waals surface area contributed by atoms with Crippen molar-refractivity contribution in [2.75, 3.05) is 0 Å². The van der Waals surface area contributed by atoms with Gasteiger partial charge in [0.25, 0.3) is 16.8 Å². The number of nitro groups is 1. The molecule has 1 fully saturated rings. The van der Waals surface area contributed by atoms with Gasteiger partial charge in [0.1, 0.15) is 5.25 Å². The van der Waals surface area contributed by atoms with Crippen LogP contribution in [0.1, 0.15) is 16.8 Å². The lowest BCUT2D eigenvalue weighted by Gasteiger charge is -2.08. The highest BCUT2D eigenvalue weighted by atomic mass is 32.2. The fourth-order valence-electron chi connectivity index (χ4n) is 1.68. The van der Waals surface area contributed by atoms with E-state index in [0.29, 0.717) is 11.8 Å². The van der Waals surface area contributed by atoms with Gasteiger partial charge in [0.2, 0.25) is 11.8 Å². The summed E-state index contributed by atoms with van der Waals surface area (Å²) < 4.78 is 0. The summed E-state index contributed by atoms with van der Waals surface area (Å²) in [5, 5.41) is 11.2. The number of non-ortho nitro benzene ring substituents is 1. The van der Waals surface area contributed by atoms with Gasteiger partial charge in [-0.05, 0) is 12.1 Å². The van der Waals surface area contributed by atoms with Crippen molar-refractivity contribution in [1.82, 2.24) is 16.2 Å². The Kier molecular flexibility index (Phi) is 4.91. The second-order valence-electron chi connectivity index (χ2n) is 4.39. The number of amides is 4. The van der Waals surface area contributed by atoms with Crippen molar-refractivity contribution in [1.29, 1.82) is 0 Å². The van der Waals surface area contributed by atoms with Gasteiger partial charge in [0.05, 0.1) is 4.92 Å². The molecule has 4 amide bonds. The molecule has 0 aliphatic carbocycles. The van der Waals surface area contributed by atoms with E-state index in [1.165, 1.54) is 12.1 Å². The number of rotatable bonds is 4. The molecule has 0 unspecified atom stereocenters. The first-order valence-corrected chi connectivity index (χ1v) is 7.10. The molecule has 120 valence electrons. The van der Waals surface area contributed by atoms with E-state index in [1.807, 2.05) is 5.32 Å². The van der Waals surface area contributed by atoms with Crippen molar-refractivity contribution in [3.05, 3.63) is 39.9 Å². The summed E-state index contributed by atoms with van der Waals surface area (Å²) in [5.74, 6) is -1.88. The van der Waals surface area contributed by atoms with Gasteiger partial charge in [-0.25, -0.2) is 0 Å². The monoisotopic (exact) mass is 338 g/mol. The standard InChI is InChI=1S/C12H10N4O6S/c17-9(5-8-11(19)13-12(20)23-8)14-15-10(18)6-1-3-7(4-2-6)16(21)22/h1-4,8H,5H2,(H,14,17)(H,15,18)(H,13,19,20)/t8-/m0/s1. The zero-order valence-corrected chi connectivity index (χ0v) is 12.2. The highest BCUT2D eigenvalue weighted by Gasteiger charge is 2.33. The number of nitrogens with one attached hydrogen (secondary N) is 3. The van der Waals surface area contributed by atoms with Crippen LogP contribution in [0, 0.1) is 10.1 Å². The molecule has 0 spiro atoms. The van der Waals surface area contributed by atoms with Crippen LogP contribution in [-0.2, 0) is 9.59 Å². The number of imide groups is 1. The molecule has 11 heteroatoms. The highest BCUT2D eigenvalue weighted by molar-refractivity contribution is 8.15. The Balaban J connectivity index is 1.84. The third kappa shape index (κ3) is 4.26. The summed E-state index contributed by atoms with van der Waals surface area (Å²) in [6.07, 6.45) is -0.275. The Labute approximate surface area is 133 Å². The molecule has 2 rings (SSSR count). The second kappa shape index (κ2) is 6.87. The summed E-state index contributed by atoms with van der Waals surface area (Å²) in [4.78, 5) is 55.5. The maximum atomic E-state index is 11.7. The van der Waals surface area contributed by atoms with Crippen molar-refractivity contribution in [2.24, 2.45) is 0 Å². The third-order valence-electron chi connectivity index (χ3n) is 2.79. The average molecular weight is 338 g/mol. The molecule has 1 heterocycles. The minimum absolute atomic E-state index is 0.110. The van der Waals surface area contributed by atoms with Crippen LogP contribution in [0.2, 0.25) is 0 Å². The largest absolute Gasteiger partial charge is 0.286 e. The van der Waals surface area contributed by atoms with Gasteiger partial charge in [-0.3, -0.25) is 45.5 Å². The fraction of sp³-hybridized carbons (Fsp3) is 0.167. The van der Waals surface area contributed by atoms with Gasteiger partial charge in [0.15, 0.2) is 0 Å². The molecule has 1 saturated heterocycles. The zero-order valence-electron chi connectivity index (χ0n) is 11.4. The quantitative estimate of drug-likeness (QED) is 0.521. The maximum Gasteiger partial charge on any atom is 0.286 e. The first-order valence-electron chi connectivity index (χ1n) is 6.22. The number of nitro benzene ring substituents is 1. The van der Waals surface area contributed by atoms with E-state index >= 15 is 0 Å². The summed E-state index contributed by atoms with van der Waals surface area (Å²) in [5.41, 5.74) is 4.16. The Morgan fingerprint density at radius 1 is 1.22 bits per heavy atom. The first-order chi connectivity index (χ1) is 10.9. The van der Waals surface area contributed by atoms with E-state index in [2.05, 4.69) is 10.9 Å². The van der Waals surface area contributed by atoms with E-state index in [-0.39, 0.29) is 17.7 Å². The minimum atomic E-state index is -0.834. The van der Waals surface area contributed by atoms with Crippen molar-refractivity contribution in [3.63, 3.8) is 0 Å². The number of carbonyl (C=O) groups is 4. The lowest BCUT2D eigenvalue weighted by molar-refractivity contribution is -0.384. The SMILES string of the molecule is O=C(C[C@@H]1SC(=O)NC1=O)NNC(=O)c1ccc([N+](=O)[O-])cc1. The van der Waals surface area contributed by atoms with Crippen molar-refractivity contribution in [3.8, 4) is 0 Å². The lowest BCUT2D eigenvalue weighted by Crippen LogP contribution is -2.43. The minimum Gasteiger partial charge on any atom is -0.286 e. The van der Waals surface area contributed by atoms with Gasteiger partial charge in [-0.15, -0.1) is 0 Å². The van der Waals surface area contributed by atoms with E-state index in [0.717, 1.165) is 12.1 Å². The molecular formula is C12H10N4O6S. The molecule has 1 aromatic rings. The summed E-state index contributed by atoms with van der Waals surface area (Å²) in [6.45, 7) is 0. The van der Waals surface area contributed by atoms with Crippen molar-refractivity contribution in [2.45, 2.75) is 11.7 Å². The Morgan fingerprint density at radius 3 is 2.39 bits per heavy atom. The molecule has 3 N–H and O–H groups in total. The lowest BCUT2D eigenvalue weighted by atomic mass is 10.2. The van der Waals surface area contributed by atoms with E-state index in [9.17, 15) is 29.3 Å². The summed E-state index contributed by atoms with van der Waals surface area (Å²) >= 11 is 0.700. The van der Waals surface area contributed by atoms with Gasteiger partial charge >= 0.3 is 0 Å². The van der Waals surface area contributed by atoms with Gasteiger partial charge < -0.3 is 0 Å². The number of hydrogen-bond donors (Lipinski definition) is 3. The molecule has 0 bridgehead atoms. The molecule has 0 radical (unpaired) electrons. The van der Waals surface area contributed by atoms with E-state index < -0.39 is 33.1 Å². The number of carbonyl (C=O) groups excluding carboxylic acids is 4. The Morgan fingerprint density at radius 2 is 1.87 bits per heavy atom. The third-order valence-corrected chi connectivity index (χ3v) is 3.77. The molecule has 1 atom stereocenters. The molecule has 23 heavy (non-hydrogen) atoms. The Bertz CT molecular complexity index is 689. The molecule has 1 aliphatic heterocycles. The predicted molar refractivity (Wildman–Crippen MR) is 78.2 cm³/mol. The van der Waals surface area contributed by atoms with Crippen LogP contribution in [0.25, 0.3) is 0 Å². The number of hydrazine groups is 1. The molecule has 10 nitrogen and oxygen atoms in total. The highest BCUT2D eigenvalue weighted by Crippen LogP contribution is 2.21. The fourth-order valence-corrected chi connectivity index (χ4v) is 2.50. The topological polar surface area (TPSA) is 148 Å². The second-order valence-corrected chi connectivity index (χ2v) is 5.57. The Hall–Kier alpha value is -2.95. The average Bonchev–Trinajstić information content (AvgIpc) is 2.82. The number of nitrogens with zero attached hydrogens (tertiary/aromatic N) is 1. The van der Waals surface area contributed by atoms with Crippen molar-refractivity contribution < 1.29 is 24.1 Å². The normalized spacial score (nSPS) is 16.6. The van der Waals surface area contributed by atoms with Crippen LogP contribution in [0.5, 0.6) is 0 Å². The predicted octanol–water partition coefficient (Wildman–Crippen LogP) is 0.0975. The molecule has 0 saturated carbocycles. The molecule has 1 aliphatic rings. The van der Waals surface area contributed by atoms with Crippen LogP contribution in [0.4, 0.5) is 10.5 Å². The first kappa shape index (κ1) is 16.4. The van der Waals surface area contributed by atoms with E-state index in [1.54, 1.807) is 0 Å². The summed E-state index contributed by atoms with van der Waals surface area (Å²) in [7, 11) is 0. The van der Waals surface area contributed by atoms with Crippen LogP contribution in [0.3, 0.4) is 0 Å². The van der Waals surface area contributed by atoms with Gasteiger partial charge in [-0.1, -0.05) is 11.8 Å². The van der Waals surface area contributed by atoms with Gasteiger partial charge in [0, 0.05) is 24.1 Å². The molecular weight excluding hydrogens is 328 g/mol. The number of thioether (sulfide) groups is 1. The van der Waals surface area contributed by atoms with E-state index in [4.69, 9.17) is 0 Å². The zero-order chi connectivity index (χ0) is 17.0. The van der Waals surface area contributed by atoms with Crippen LogP contribution in [-0.4, -0.2) is 33.1 Å².